The van der Waals surface area contributed by atoms with Gasteiger partial charge in [-0.2, -0.15) is 0 Å². The van der Waals surface area contributed by atoms with E-state index >= 15 is 0 Å². The molecular weight excluding hydrogens is 192 g/mol. The first-order valence-corrected chi connectivity index (χ1v) is 2.84. The van der Waals surface area contributed by atoms with Crippen LogP contribution in [0.5, 0.6) is 0 Å². The van der Waals surface area contributed by atoms with Crippen LogP contribution in [0.15, 0.2) is 30.7 Å². The van der Waals surface area contributed by atoms with Gasteiger partial charge in [0, 0.05) is 29.5 Å². The zero-order valence-electron chi connectivity index (χ0n) is 5.24. The lowest BCUT2D eigenvalue weighted by molar-refractivity contribution is 1.36. The Kier molecular flexibility index (Phi) is 2.06. The average molecular weight is 199 g/mol. The Balaban J connectivity index is 0.000000500. The Labute approximate surface area is 69.1 Å². The Bertz CT molecular complexity index is 286. The summed E-state index contributed by atoms with van der Waals surface area (Å²) in [5.41, 5.74) is 1.14. The Morgan fingerprint density at radius 3 is 3.00 bits per heavy atom. The molecule has 3 heteroatoms. The van der Waals surface area contributed by atoms with E-state index in [0.29, 0.717) is 0 Å². The molecule has 0 aliphatic heterocycles. The molecule has 2 rings (SSSR count). The van der Waals surface area contributed by atoms with Gasteiger partial charge in [-0.15, -0.1) is 17.0 Å². The van der Waals surface area contributed by atoms with Gasteiger partial charge in [-0.25, -0.2) is 0 Å². The van der Waals surface area contributed by atoms with E-state index in [9.17, 15) is 0 Å². The number of pyridine rings is 1. The third-order valence-corrected chi connectivity index (χ3v) is 1.35. The summed E-state index contributed by atoms with van der Waals surface area (Å²) in [5, 5.41) is 1.16. The molecule has 0 saturated carbocycles. The van der Waals surface area contributed by atoms with Crippen LogP contribution in [0.4, 0.5) is 0 Å². The van der Waals surface area contributed by atoms with Crippen molar-refractivity contribution in [2.75, 3.05) is 0 Å². The van der Waals surface area contributed by atoms with Crippen molar-refractivity contribution in [2.45, 2.75) is 0 Å². The van der Waals surface area contributed by atoms with Crippen molar-refractivity contribution in [1.82, 2.24) is 9.97 Å². The number of aromatic nitrogens is 2. The highest BCUT2D eigenvalue weighted by Gasteiger charge is 1.87. The van der Waals surface area contributed by atoms with E-state index in [2.05, 4.69) is 9.97 Å². The molecular formula is C7H7BrN2. The third-order valence-electron chi connectivity index (χ3n) is 1.35. The molecule has 10 heavy (non-hydrogen) atoms. The maximum absolute atomic E-state index is 3.97. The van der Waals surface area contributed by atoms with Gasteiger partial charge in [0.1, 0.15) is 0 Å². The standard InChI is InChI=1S/C7H6N2.BrH/c1-4-9-7-2-3-8-5-6(1)7;/h1-5,9H;1H. The predicted octanol–water partition coefficient (Wildman–Crippen LogP) is 2.14. The zero-order valence-corrected chi connectivity index (χ0v) is 6.96. The summed E-state index contributed by atoms with van der Waals surface area (Å²) in [6.45, 7) is 0. The summed E-state index contributed by atoms with van der Waals surface area (Å²) in [7, 11) is 0. The minimum atomic E-state index is 0. The molecule has 2 heterocycles. The minimum absolute atomic E-state index is 0. The second-order valence-corrected chi connectivity index (χ2v) is 1.94. The number of fused-ring (bicyclic) bond motifs is 1. The Morgan fingerprint density at radius 1 is 1.30 bits per heavy atom. The number of hydrogen-bond donors (Lipinski definition) is 1. The summed E-state index contributed by atoms with van der Waals surface area (Å²) in [6, 6.07) is 3.96. The van der Waals surface area contributed by atoms with Crippen LogP contribution in [0, 0.1) is 0 Å². The van der Waals surface area contributed by atoms with Gasteiger partial charge >= 0.3 is 0 Å². The van der Waals surface area contributed by atoms with Crippen LogP contribution in [-0.4, -0.2) is 9.97 Å². The number of aromatic amines is 1. The summed E-state index contributed by atoms with van der Waals surface area (Å²) in [6.07, 6.45) is 5.52. The molecule has 1 N–H and O–H groups in total. The van der Waals surface area contributed by atoms with Crippen molar-refractivity contribution in [1.29, 1.82) is 0 Å². The van der Waals surface area contributed by atoms with Gasteiger partial charge in [0.15, 0.2) is 0 Å². The number of H-pyrrole nitrogens is 1. The quantitative estimate of drug-likeness (QED) is 0.691. The van der Waals surface area contributed by atoms with Crippen LogP contribution in [0.3, 0.4) is 0 Å². The minimum Gasteiger partial charge on any atom is -0.361 e. The van der Waals surface area contributed by atoms with Gasteiger partial charge in [-0.3, -0.25) is 4.98 Å². The fourth-order valence-electron chi connectivity index (χ4n) is 0.892. The highest BCUT2D eigenvalue weighted by atomic mass is 79.9. The molecule has 0 radical (unpaired) electrons. The largest absolute Gasteiger partial charge is 0.361 e. The first-order valence-electron chi connectivity index (χ1n) is 2.84. The van der Waals surface area contributed by atoms with Gasteiger partial charge < -0.3 is 4.98 Å². The molecule has 2 nitrogen and oxygen atoms in total. The maximum Gasteiger partial charge on any atom is 0.0484 e. The van der Waals surface area contributed by atoms with E-state index in [4.69, 9.17) is 0 Å². The number of halogens is 1. The van der Waals surface area contributed by atoms with E-state index in [0.717, 1.165) is 10.9 Å². The zero-order chi connectivity index (χ0) is 6.10. The Morgan fingerprint density at radius 2 is 2.20 bits per heavy atom. The van der Waals surface area contributed by atoms with Gasteiger partial charge in [-0.05, 0) is 12.1 Å². The summed E-state index contributed by atoms with van der Waals surface area (Å²) < 4.78 is 0. The number of nitrogens with zero attached hydrogens (tertiary/aromatic N) is 1. The first kappa shape index (κ1) is 7.28. The molecule has 0 unspecified atom stereocenters. The lowest BCUT2D eigenvalue weighted by atomic mass is 10.3. The molecule has 0 atom stereocenters. The summed E-state index contributed by atoms with van der Waals surface area (Å²) in [5.74, 6) is 0. The first-order chi connectivity index (χ1) is 4.47. The smallest absolute Gasteiger partial charge is 0.0484 e. The molecule has 0 aliphatic rings. The molecule has 0 fully saturated rings. The lowest BCUT2D eigenvalue weighted by Crippen LogP contribution is -1.67. The molecule has 0 aromatic carbocycles. The van der Waals surface area contributed by atoms with Crippen LogP contribution in [0.1, 0.15) is 0 Å². The van der Waals surface area contributed by atoms with Crippen LogP contribution < -0.4 is 0 Å². The van der Waals surface area contributed by atoms with E-state index < -0.39 is 0 Å². The molecule has 0 amide bonds. The molecule has 0 spiro atoms. The van der Waals surface area contributed by atoms with Crippen LogP contribution >= 0.6 is 17.0 Å². The molecule has 0 saturated heterocycles. The maximum atomic E-state index is 3.97. The van der Waals surface area contributed by atoms with Crippen molar-refractivity contribution in [3.63, 3.8) is 0 Å². The Hall–Kier alpha value is -0.830. The van der Waals surface area contributed by atoms with Crippen molar-refractivity contribution >= 4 is 27.9 Å². The van der Waals surface area contributed by atoms with Crippen LogP contribution in [-0.2, 0) is 0 Å². The fourth-order valence-corrected chi connectivity index (χ4v) is 0.892. The van der Waals surface area contributed by atoms with Gasteiger partial charge in [0.05, 0.1) is 0 Å². The highest BCUT2D eigenvalue weighted by Crippen LogP contribution is 2.07. The van der Waals surface area contributed by atoms with Crippen LogP contribution in [0.25, 0.3) is 10.9 Å². The number of rotatable bonds is 0. The van der Waals surface area contributed by atoms with Gasteiger partial charge in [0.2, 0.25) is 0 Å². The lowest BCUT2D eigenvalue weighted by Gasteiger charge is -1.82. The van der Waals surface area contributed by atoms with Crippen molar-refractivity contribution in [3.8, 4) is 0 Å². The average Bonchev–Trinajstić information content (AvgIpc) is 2.33. The van der Waals surface area contributed by atoms with Crippen molar-refractivity contribution < 1.29 is 0 Å². The van der Waals surface area contributed by atoms with E-state index in [-0.39, 0.29) is 17.0 Å². The summed E-state index contributed by atoms with van der Waals surface area (Å²) in [4.78, 5) is 7.04. The number of nitrogens with one attached hydrogen (secondary N) is 1. The molecule has 2 aromatic heterocycles. The topological polar surface area (TPSA) is 28.7 Å². The second-order valence-electron chi connectivity index (χ2n) is 1.94. The molecule has 52 valence electrons. The molecule has 2 aromatic rings. The monoisotopic (exact) mass is 198 g/mol. The van der Waals surface area contributed by atoms with Crippen molar-refractivity contribution in [3.05, 3.63) is 30.7 Å². The van der Waals surface area contributed by atoms with E-state index in [1.54, 1.807) is 6.20 Å². The summed E-state index contributed by atoms with van der Waals surface area (Å²) >= 11 is 0. The van der Waals surface area contributed by atoms with Crippen LogP contribution in [0.2, 0.25) is 0 Å². The second kappa shape index (κ2) is 2.84. The predicted molar refractivity (Wildman–Crippen MR) is 46.4 cm³/mol. The normalized spacial score (nSPS) is 9.20. The molecule has 0 bridgehead atoms. The van der Waals surface area contributed by atoms with Gasteiger partial charge in [0.25, 0.3) is 0 Å². The van der Waals surface area contributed by atoms with E-state index in [1.807, 2.05) is 24.5 Å². The molecule has 0 aliphatic carbocycles. The van der Waals surface area contributed by atoms with E-state index in [1.165, 1.54) is 0 Å². The van der Waals surface area contributed by atoms with Crippen molar-refractivity contribution in [2.24, 2.45) is 0 Å². The SMILES string of the molecule is Br.c1cc2[nH]ccc2cn1. The fraction of sp³-hybridized carbons (Fsp3) is 0. The number of hydrogen-bond acceptors (Lipinski definition) is 1. The highest BCUT2D eigenvalue weighted by molar-refractivity contribution is 8.93. The van der Waals surface area contributed by atoms with Gasteiger partial charge in [-0.1, -0.05) is 0 Å². The third kappa shape index (κ3) is 1.04.